The molecule has 0 spiro atoms. The van der Waals surface area contributed by atoms with E-state index in [4.69, 9.17) is 11.6 Å². The summed E-state index contributed by atoms with van der Waals surface area (Å²) < 4.78 is 13.6. The first-order valence-corrected chi connectivity index (χ1v) is 5.19. The van der Waals surface area contributed by atoms with Gasteiger partial charge in [0.1, 0.15) is 5.82 Å². The molecule has 1 unspecified atom stereocenters. The smallest absolute Gasteiger partial charge is 0.146 e. The van der Waals surface area contributed by atoms with Crippen LogP contribution >= 0.6 is 11.6 Å². The van der Waals surface area contributed by atoms with E-state index in [1.165, 1.54) is 0 Å². The Kier molecular flexibility index (Phi) is 4.36. The van der Waals surface area contributed by atoms with Crippen molar-refractivity contribution < 1.29 is 4.39 Å². The van der Waals surface area contributed by atoms with Gasteiger partial charge in [-0.1, -0.05) is 37.1 Å². The lowest BCUT2D eigenvalue weighted by Crippen LogP contribution is -2.17. The molecule has 0 aliphatic carbocycles. The Morgan fingerprint density at radius 1 is 1.50 bits per heavy atom. The van der Waals surface area contributed by atoms with Crippen LogP contribution in [0.15, 0.2) is 18.2 Å². The summed E-state index contributed by atoms with van der Waals surface area (Å²) in [5, 5.41) is 3.28. The number of hydrogen-bond donors (Lipinski definition) is 1. The third-order valence-electron chi connectivity index (χ3n) is 2.28. The number of nitrogens with one attached hydrogen (secondary N) is 1. The van der Waals surface area contributed by atoms with Crippen molar-refractivity contribution in [3.63, 3.8) is 0 Å². The fourth-order valence-corrected chi connectivity index (χ4v) is 1.72. The minimum absolute atomic E-state index is 0.0544. The van der Waals surface area contributed by atoms with Gasteiger partial charge in [0.25, 0.3) is 0 Å². The molecule has 1 nitrogen and oxygen atoms in total. The molecular formula is C11H15ClFN. The molecule has 0 aliphatic rings. The van der Waals surface area contributed by atoms with Crippen molar-refractivity contribution >= 4 is 11.6 Å². The zero-order valence-corrected chi connectivity index (χ0v) is 9.24. The van der Waals surface area contributed by atoms with Crippen molar-refractivity contribution in [2.75, 3.05) is 7.05 Å². The summed E-state index contributed by atoms with van der Waals surface area (Å²) in [6, 6.07) is 5.18. The van der Waals surface area contributed by atoms with Crippen molar-refractivity contribution in [2.45, 2.75) is 25.8 Å². The Bertz CT molecular complexity index is 301. The first-order chi connectivity index (χ1) is 6.70. The van der Waals surface area contributed by atoms with Crippen LogP contribution in [0, 0.1) is 5.82 Å². The molecule has 0 saturated heterocycles. The second-order valence-electron chi connectivity index (χ2n) is 3.27. The molecule has 0 amide bonds. The largest absolute Gasteiger partial charge is 0.313 e. The van der Waals surface area contributed by atoms with E-state index in [1.54, 1.807) is 18.2 Å². The summed E-state index contributed by atoms with van der Waals surface area (Å²) in [6.45, 7) is 2.08. The zero-order valence-electron chi connectivity index (χ0n) is 8.48. The minimum atomic E-state index is -0.304. The molecule has 0 fully saturated rings. The van der Waals surface area contributed by atoms with Gasteiger partial charge in [-0.15, -0.1) is 0 Å². The Morgan fingerprint density at radius 3 is 2.79 bits per heavy atom. The fraction of sp³-hybridized carbons (Fsp3) is 0.455. The Labute approximate surface area is 89.3 Å². The van der Waals surface area contributed by atoms with Crippen LogP contribution in [-0.2, 0) is 0 Å². The first-order valence-electron chi connectivity index (χ1n) is 4.81. The molecule has 1 aromatic carbocycles. The number of benzene rings is 1. The summed E-state index contributed by atoms with van der Waals surface area (Å²) in [4.78, 5) is 0. The minimum Gasteiger partial charge on any atom is -0.313 e. The van der Waals surface area contributed by atoms with Crippen molar-refractivity contribution in [3.8, 4) is 0 Å². The van der Waals surface area contributed by atoms with Gasteiger partial charge in [0.05, 0.1) is 5.02 Å². The molecule has 78 valence electrons. The topological polar surface area (TPSA) is 12.0 Å². The average Bonchev–Trinajstić information content (AvgIpc) is 2.19. The van der Waals surface area contributed by atoms with E-state index in [2.05, 4.69) is 12.2 Å². The highest BCUT2D eigenvalue weighted by Crippen LogP contribution is 2.25. The van der Waals surface area contributed by atoms with Crippen molar-refractivity contribution in [3.05, 3.63) is 34.6 Å². The van der Waals surface area contributed by atoms with Gasteiger partial charge in [-0.3, -0.25) is 0 Å². The highest BCUT2D eigenvalue weighted by Gasteiger charge is 2.14. The van der Waals surface area contributed by atoms with Gasteiger partial charge in [0, 0.05) is 11.6 Å². The summed E-state index contributed by atoms with van der Waals surface area (Å²) in [5.41, 5.74) is 0.654. The molecule has 3 heteroatoms. The lowest BCUT2D eigenvalue weighted by atomic mass is 10.0. The summed E-state index contributed by atoms with van der Waals surface area (Å²) in [6.07, 6.45) is 1.92. The molecule has 1 aromatic rings. The van der Waals surface area contributed by atoms with E-state index < -0.39 is 0 Å². The second kappa shape index (κ2) is 5.32. The van der Waals surface area contributed by atoms with Crippen LogP contribution in [0.3, 0.4) is 0 Å². The zero-order chi connectivity index (χ0) is 10.6. The van der Waals surface area contributed by atoms with Gasteiger partial charge < -0.3 is 5.32 Å². The van der Waals surface area contributed by atoms with E-state index in [1.807, 2.05) is 7.05 Å². The second-order valence-corrected chi connectivity index (χ2v) is 3.68. The lowest BCUT2D eigenvalue weighted by molar-refractivity contribution is 0.504. The molecule has 0 heterocycles. The van der Waals surface area contributed by atoms with Crippen LogP contribution in [0.25, 0.3) is 0 Å². The van der Waals surface area contributed by atoms with E-state index in [9.17, 15) is 4.39 Å². The molecule has 0 bridgehead atoms. The molecule has 0 radical (unpaired) electrons. The van der Waals surface area contributed by atoms with Crippen LogP contribution in [0.5, 0.6) is 0 Å². The third-order valence-corrected chi connectivity index (χ3v) is 2.57. The van der Waals surface area contributed by atoms with Crippen LogP contribution in [0.1, 0.15) is 31.4 Å². The number of hydrogen-bond acceptors (Lipinski definition) is 1. The van der Waals surface area contributed by atoms with Gasteiger partial charge in [-0.25, -0.2) is 4.39 Å². The molecular weight excluding hydrogens is 201 g/mol. The van der Waals surface area contributed by atoms with Gasteiger partial charge in [-0.05, 0) is 19.5 Å². The standard InChI is InChI=1S/C11H15ClFN/c1-3-5-10(14-2)8-6-4-7-9(12)11(8)13/h4,6-7,10,14H,3,5H2,1-2H3. The third kappa shape index (κ3) is 2.46. The van der Waals surface area contributed by atoms with Crippen LogP contribution < -0.4 is 5.32 Å². The maximum absolute atomic E-state index is 13.6. The molecule has 14 heavy (non-hydrogen) atoms. The summed E-state index contributed by atoms with van der Waals surface area (Å²) in [7, 11) is 1.83. The van der Waals surface area contributed by atoms with Crippen LogP contribution in [-0.4, -0.2) is 7.05 Å². The first kappa shape index (κ1) is 11.5. The quantitative estimate of drug-likeness (QED) is 0.810. The SMILES string of the molecule is CCCC(NC)c1cccc(Cl)c1F. The molecule has 0 aromatic heterocycles. The highest BCUT2D eigenvalue weighted by atomic mass is 35.5. The molecule has 1 rings (SSSR count). The summed E-state index contributed by atoms with van der Waals surface area (Å²) in [5.74, 6) is -0.304. The van der Waals surface area contributed by atoms with Gasteiger partial charge in [0.2, 0.25) is 0 Å². The van der Waals surface area contributed by atoms with Crippen LogP contribution in [0.4, 0.5) is 4.39 Å². The average molecular weight is 216 g/mol. The molecule has 1 atom stereocenters. The van der Waals surface area contributed by atoms with Crippen molar-refractivity contribution in [1.29, 1.82) is 0 Å². The molecule has 1 N–H and O–H groups in total. The van der Waals surface area contributed by atoms with E-state index in [-0.39, 0.29) is 16.9 Å². The van der Waals surface area contributed by atoms with Crippen molar-refractivity contribution in [2.24, 2.45) is 0 Å². The van der Waals surface area contributed by atoms with Crippen molar-refractivity contribution in [1.82, 2.24) is 5.32 Å². The molecule has 0 saturated carbocycles. The van der Waals surface area contributed by atoms with Gasteiger partial charge in [0.15, 0.2) is 0 Å². The normalized spacial score (nSPS) is 12.9. The fourth-order valence-electron chi connectivity index (χ4n) is 1.53. The maximum atomic E-state index is 13.6. The van der Waals surface area contributed by atoms with E-state index in [0.29, 0.717) is 5.56 Å². The number of rotatable bonds is 4. The predicted molar refractivity (Wildman–Crippen MR) is 58.1 cm³/mol. The maximum Gasteiger partial charge on any atom is 0.146 e. The lowest BCUT2D eigenvalue weighted by Gasteiger charge is -2.16. The summed E-state index contributed by atoms with van der Waals surface area (Å²) >= 11 is 5.71. The predicted octanol–water partition coefficient (Wildman–Crippen LogP) is 3.54. The Morgan fingerprint density at radius 2 is 2.21 bits per heavy atom. The van der Waals surface area contributed by atoms with E-state index >= 15 is 0 Å². The number of halogens is 2. The van der Waals surface area contributed by atoms with Crippen LogP contribution in [0.2, 0.25) is 5.02 Å². The highest BCUT2D eigenvalue weighted by molar-refractivity contribution is 6.30. The van der Waals surface area contributed by atoms with E-state index in [0.717, 1.165) is 12.8 Å². The molecule has 0 aliphatic heterocycles. The van der Waals surface area contributed by atoms with Gasteiger partial charge >= 0.3 is 0 Å². The Balaban J connectivity index is 2.97. The Hall–Kier alpha value is -0.600. The monoisotopic (exact) mass is 215 g/mol. The van der Waals surface area contributed by atoms with Gasteiger partial charge in [-0.2, -0.15) is 0 Å².